The summed E-state index contributed by atoms with van der Waals surface area (Å²) in [7, 11) is -3.47. The lowest BCUT2D eigenvalue weighted by Gasteiger charge is -2.29. The van der Waals surface area contributed by atoms with Crippen molar-refractivity contribution < 1.29 is 8.42 Å². The van der Waals surface area contributed by atoms with Crippen LogP contribution in [0.25, 0.3) is 0 Å². The maximum Gasteiger partial charge on any atom is 0.246 e. The van der Waals surface area contributed by atoms with Gasteiger partial charge in [-0.05, 0) is 12.0 Å². The summed E-state index contributed by atoms with van der Waals surface area (Å²) in [5.41, 5.74) is 5.39. The van der Waals surface area contributed by atoms with E-state index in [0.29, 0.717) is 19.6 Å². The fourth-order valence-electron chi connectivity index (χ4n) is 1.44. The van der Waals surface area contributed by atoms with Gasteiger partial charge in [0.05, 0.1) is 6.20 Å². The van der Waals surface area contributed by atoms with Crippen LogP contribution in [0.1, 0.15) is 20.8 Å². The van der Waals surface area contributed by atoms with Crippen LogP contribution in [0.5, 0.6) is 0 Å². The summed E-state index contributed by atoms with van der Waals surface area (Å²) in [5, 5.41) is 6.18. The Morgan fingerprint density at radius 1 is 1.53 bits per heavy atom. The summed E-state index contributed by atoms with van der Waals surface area (Å²) in [6, 6.07) is 0. The number of aromatic amines is 1. The molecule has 6 nitrogen and oxygen atoms in total. The third-order valence-corrected chi connectivity index (χ3v) is 4.51. The van der Waals surface area contributed by atoms with Gasteiger partial charge in [0, 0.05) is 19.3 Å². The molecular formula is C10H20N4O2S. The van der Waals surface area contributed by atoms with Gasteiger partial charge in [0.1, 0.15) is 4.90 Å². The van der Waals surface area contributed by atoms with Gasteiger partial charge >= 0.3 is 0 Å². The van der Waals surface area contributed by atoms with Crippen molar-refractivity contribution in [1.29, 1.82) is 0 Å². The Morgan fingerprint density at radius 3 is 2.59 bits per heavy atom. The third kappa shape index (κ3) is 3.27. The Hall–Kier alpha value is -0.920. The number of nitrogens with two attached hydrogens (primary N) is 1. The molecule has 0 saturated heterocycles. The van der Waals surface area contributed by atoms with E-state index in [2.05, 4.69) is 10.2 Å². The average molecular weight is 260 g/mol. The van der Waals surface area contributed by atoms with Crippen LogP contribution < -0.4 is 5.73 Å². The lowest BCUT2D eigenvalue weighted by atomic mass is 9.94. The van der Waals surface area contributed by atoms with Crippen LogP contribution in [0.4, 0.5) is 0 Å². The summed E-state index contributed by atoms with van der Waals surface area (Å²) in [4.78, 5) is 0.187. The zero-order valence-electron chi connectivity index (χ0n) is 10.5. The van der Waals surface area contributed by atoms with Crippen molar-refractivity contribution in [3.8, 4) is 0 Å². The predicted octanol–water partition coefficient (Wildman–Crippen LogP) is 0.405. The van der Waals surface area contributed by atoms with Crippen LogP contribution in [0.2, 0.25) is 0 Å². The first-order valence-electron chi connectivity index (χ1n) is 5.52. The van der Waals surface area contributed by atoms with Gasteiger partial charge in [-0.25, -0.2) is 8.42 Å². The fourth-order valence-corrected chi connectivity index (χ4v) is 2.98. The van der Waals surface area contributed by atoms with Crippen molar-refractivity contribution in [2.45, 2.75) is 25.7 Å². The Labute approximate surface area is 102 Å². The average Bonchev–Trinajstić information content (AvgIpc) is 2.79. The summed E-state index contributed by atoms with van der Waals surface area (Å²) in [6.45, 7) is 6.94. The van der Waals surface area contributed by atoms with Gasteiger partial charge in [-0.1, -0.05) is 20.8 Å². The number of nitrogens with one attached hydrogen (secondary N) is 1. The molecule has 0 aliphatic heterocycles. The van der Waals surface area contributed by atoms with Crippen molar-refractivity contribution >= 4 is 10.0 Å². The highest BCUT2D eigenvalue weighted by atomic mass is 32.2. The molecule has 0 bridgehead atoms. The van der Waals surface area contributed by atoms with Gasteiger partial charge in [0.25, 0.3) is 0 Å². The topological polar surface area (TPSA) is 92.1 Å². The second-order valence-corrected chi connectivity index (χ2v) is 6.67. The maximum absolute atomic E-state index is 12.2. The zero-order valence-corrected chi connectivity index (χ0v) is 11.3. The Bertz CT molecular complexity index is 439. The van der Waals surface area contributed by atoms with E-state index in [4.69, 9.17) is 5.73 Å². The van der Waals surface area contributed by atoms with Crippen LogP contribution >= 0.6 is 0 Å². The molecule has 0 saturated carbocycles. The molecule has 7 heteroatoms. The molecule has 0 aromatic carbocycles. The molecule has 0 atom stereocenters. The molecule has 0 amide bonds. The van der Waals surface area contributed by atoms with E-state index in [1.165, 1.54) is 16.7 Å². The first-order valence-corrected chi connectivity index (χ1v) is 6.96. The molecule has 98 valence electrons. The summed E-state index contributed by atoms with van der Waals surface area (Å²) >= 11 is 0. The lowest BCUT2D eigenvalue weighted by molar-refractivity contribution is 0.273. The molecular weight excluding hydrogens is 240 g/mol. The highest BCUT2D eigenvalue weighted by Gasteiger charge is 2.29. The van der Waals surface area contributed by atoms with E-state index in [1.807, 2.05) is 20.8 Å². The Balaban J connectivity index is 2.96. The van der Waals surface area contributed by atoms with Crippen LogP contribution in [-0.4, -0.2) is 42.6 Å². The van der Waals surface area contributed by atoms with Crippen LogP contribution in [-0.2, 0) is 10.0 Å². The highest BCUT2D eigenvalue weighted by molar-refractivity contribution is 7.89. The maximum atomic E-state index is 12.2. The van der Waals surface area contributed by atoms with Gasteiger partial charge in [-0.3, -0.25) is 5.10 Å². The van der Waals surface area contributed by atoms with Crippen molar-refractivity contribution in [2.75, 3.05) is 19.6 Å². The summed E-state index contributed by atoms with van der Waals surface area (Å²) in [5.74, 6) is 0. The number of rotatable bonds is 6. The molecule has 0 fully saturated rings. The minimum atomic E-state index is -3.47. The second kappa shape index (κ2) is 5.16. The molecule has 0 aliphatic carbocycles. The summed E-state index contributed by atoms with van der Waals surface area (Å²) < 4.78 is 25.9. The van der Waals surface area contributed by atoms with Gasteiger partial charge in [-0.2, -0.15) is 9.40 Å². The number of sulfonamides is 1. The predicted molar refractivity (Wildman–Crippen MR) is 65.9 cm³/mol. The van der Waals surface area contributed by atoms with E-state index in [-0.39, 0.29) is 10.3 Å². The van der Waals surface area contributed by atoms with E-state index >= 15 is 0 Å². The molecule has 0 unspecified atom stereocenters. The smallest absolute Gasteiger partial charge is 0.246 e. The standard InChI is InChI=1S/C10H20N4O2S/c1-4-14(8-10(2,3)7-11)17(15,16)9-5-12-13-6-9/h5-6H,4,7-8,11H2,1-3H3,(H,12,13). The molecule has 1 aromatic heterocycles. The number of hydrogen-bond acceptors (Lipinski definition) is 4. The SMILES string of the molecule is CCN(CC(C)(C)CN)S(=O)(=O)c1cn[nH]c1. The second-order valence-electron chi connectivity index (χ2n) is 4.73. The third-order valence-electron chi connectivity index (χ3n) is 2.62. The highest BCUT2D eigenvalue weighted by Crippen LogP contribution is 2.20. The fraction of sp³-hybridized carbons (Fsp3) is 0.700. The number of hydrogen-bond donors (Lipinski definition) is 2. The van der Waals surface area contributed by atoms with E-state index < -0.39 is 10.0 Å². The van der Waals surface area contributed by atoms with Crippen molar-refractivity contribution in [3.05, 3.63) is 12.4 Å². The van der Waals surface area contributed by atoms with Crippen LogP contribution in [0, 0.1) is 5.41 Å². The van der Waals surface area contributed by atoms with Gasteiger partial charge < -0.3 is 5.73 Å². The van der Waals surface area contributed by atoms with E-state index in [1.54, 1.807) is 0 Å². The minimum Gasteiger partial charge on any atom is -0.330 e. The Morgan fingerprint density at radius 2 is 2.18 bits per heavy atom. The summed E-state index contributed by atoms with van der Waals surface area (Å²) in [6.07, 6.45) is 2.70. The van der Waals surface area contributed by atoms with Crippen molar-refractivity contribution in [1.82, 2.24) is 14.5 Å². The molecule has 0 radical (unpaired) electrons. The monoisotopic (exact) mass is 260 g/mol. The first kappa shape index (κ1) is 14.1. The minimum absolute atomic E-state index is 0.187. The number of aromatic nitrogens is 2. The lowest BCUT2D eigenvalue weighted by Crippen LogP contribution is -2.41. The first-order chi connectivity index (χ1) is 7.83. The Kier molecular flexibility index (Phi) is 4.29. The van der Waals surface area contributed by atoms with Crippen molar-refractivity contribution in [3.63, 3.8) is 0 Å². The number of nitrogens with zero attached hydrogens (tertiary/aromatic N) is 2. The molecule has 17 heavy (non-hydrogen) atoms. The van der Waals surface area contributed by atoms with Crippen molar-refractivity contribution in [2.24, 2.45) is 11.1 Å². The normalized spacial score (nSPS) is 13.2. The van der Waals surface area contributed by atoms with Crippen LogP contribution in [0.3, 0.4) is 0 Å². The van der Waals surface area contributed by atoms with E-state index in [0.717, 1.165) is 0 Å². The molecule has 1 heterocycles. The van der Waals surface area contributed by atoms with Gasteiger partial charge in [0.2, 0.25) is 10.0 Å². The molecule has 1 aromatic rings. The molecule has 1 rings (SSSR count). The largest absolute Gasteiger partial charge is 0.330 e. The zero-order chi connectivity index (χ0) is 13.1. The van der Waals surface area contributed by atoms with E-state index in [9.17, 15) is 8.42 Å². The quantitative estimate of drug-likeness (QED) is 0.774. The van der Waals surface area contributed by atoms with Crippen LogP contribution in [0.15, 0.2) is 17.3 Å². The van der Waals surface area contributed by atoms with Gasteiger partial charge in [0.15, 0.2) is 0 Å². The molecule has 0 spiro atoms. The number of H-pyrrole nitrogens is 1. The van der Waals surface area contributed by atoms with Gasteiger partial charge in [-0.15, -0.1) is 0 Å². The molecule has 3 N–H and O–H groups in total. The molecule has 0 aliphatic rings.